The third kappa shape index (κ3) is 3.81. The molecule has 0 aliphatic heterocycles. The lowest BCUT2D eigenvalue weighted by molar-refractivity contribution is 0.0927. The van der Waals surface area contributed by atoms with Crippen LogP contribution in [0.4, 0.5) is 0 Å². The van der Waals surface area contributed by atoms with Crippen molar-refractivity contribution >= 4 is 5.91 Å². The van der Waals surface area contributed by atoms with Crippen molar-refractivity contribution in [3.05, 3.63) is 72.1 Å². The Morgan fingerprint density at radius 3 is 2.79 bits per heavy atom. The normalized spacial score (nSPS) is 10.4. The van der Waals surface area contributed by atoms with Crippen molar-refractivity contribution in [1.29, 1.82) is 0 Å². The molecule has 0 unspecified atom stereocenters. The second-order valence-electron chi connectivity index (χ2n) is 5.25. The van der Waals surface area contributed by atoms with E-state index in [1.165, 1.54) is 6.20 Å². The van der Waals surface area contributed by atoms with Gasteiger partial charge in [-0.3, -0.25) is 4.79 Å². The first-order valence-electron chi connectivity index (χ1n) is 7.68. The number of rotatable bonds is 6. The lowest BCUT2D eigenvalue weighted by Crippen LogP contribution is -2.25. The maximum Gasteiger partial charge on any atom is 0.288 e. The predicted molar refractivity (Wildman–Crippen MR) is 91.0 cm³/mol. The number of benzene rings is 2. The van der Waals surface area contributed by atoms with Crippen LogP contribution in [0, 0.1) is 0 Å². The Hall–Kier alpha value is -3.08. The van der Waals surface area contributed by atoms with Crippen LogP contribution in [0.2, 0.25) is 0 Å². The standard InChI is InChI=1S/C19H18N2O3/c1-23-16-9-5-6-14(12-16)10-11-20-18(22)17-13-21-19(24-17)15-7-3-2-4-8-15/h2-9,12-13H,10-11H2,1H3,(H,20,22). The van der Waals surface area contributed by atoms with Crippen LogP contribution < -0.4 is 10.1 Å². The maximum atomic E-state index is 12.1. The number of aromatic nitrogens is 1. The molecule has 3 aromatic rings. The first-order valence-corrected chi connectivity index (χ1v) is 7.68. The SMILES string of the molecule is COc1cccc(CCNC(=O)c2cnc(-c3ccccc3)o2)c1. The number of ether oxygens (including phenoxy) is 1. The first-order chi connectivity index (χ1) is 11.8. The highest BCUT2D eigenvalue weighted by molar-refractivity contribution is 5.91. The van der Waals surface area contributed by atoms with Gasteiger partial charge in [0, 0.05) is 12.1 Å². The Balaban J connectivity index is 1.56. The predicted octanol–water partition coefficient (Wildman–Crippen LogP) is 3.32. The third-order valence-corrected chi connectivity index (χ3v) is 3.58. The van der Waals surface area contributed by atoms with Crippen LogP contribution in [-0.4, -0.2) is 24.5 Å². The minimum Gasteiger partial charge on any atom is -0.497 e. The fourth-order valence-corrected chi connectivity index (χ4v) is 2.33. The van der Waals surface area contributed by atoms with Crippen molar-refractivity contribution in [2.24, 2.45) is 0 Å². The minimum absolute atomic E-state index is 0.208. The molecule has 122 valence electrons. The molecular weight excluding hydrogens is 304 g/mol. The van der Waals surface area contributed by atoms with E-state index in [2.05, 4.69) is 10.3 Å². The van der Waals surface area contributed by atoms with Crippen molar-refractivity contribution in [1.82, 2.24) is 10.3 Å². The van der Waals surface area contributed by atoms with Gasteiger partial charge in [0.15, 0.2) is 0 Å². The zero-order valence-electron chi connectivity index (χ0n) is 13.4. The Kier molecular flexibility index (Phi) is 4.91. The number of hydrogen-bond donors (Lipinski definition) is 1. The molecule has 0 saturated heterocycles. The van der Waals surface area contributed by atoms with Gasteiger partial charge in [0.1, 0.15) is 5.75 Å². The summed E-state index contributed by atoms with van der Waals surface area (Å²) in [6.45, 7) is 0.507. The Morgan fingerprint density at radius 2 is 2.00 bits per heavy atom. The lowest BCUT2D eigenvalue weighted by atomic mass is 10.1. The molecule has 0 fully saturated rings. The fraction of sp³-hybridized carbons (Fsp3) is 0.158. The number of nitrogens with one attached hydrogen (secondary N) is 1. The van der Waals surface area contributed by atoms with E-state index >= 15 is 0 Å². The smallest absolute Gasteiger partial charge is 0.288 e. The van der Waals surface area contributed by atoms with Crippen molar-refractivity contribution in [3.8, 4) is 17.2 Å². The number of oxazole rings is 1. The average Bonchev–Trinajstić information content (AvgIpc) is 3.13. The number of nitrogens with zero attached hydrogens (tertiary/aromatic N) is 1. The average molecular weight is 322 g/mol. The van der Waals surface area contributed by atoms with E-state index in [0.29, 0.717) is 18.9 Å². The first kappa shape index (κ1) is 15.8. The van der Waals surface area contributed by atoms with E-state index in [9.17, 15) is 4.79 Å². The quantitative estimate of drug-likeness (QED) is 0.756. The summed E-state index contributed by atoms with van der Waals surface area (Å²) < 4.78 is 10.7. The van der Waals surface area contributed by atoms with Gasteiger partial charge in [-0.15, -0.1) is 0 Å². The summed E-state index contributed by atoms with van der Waals surface area (Å²) in [6.07, 6.45) is 2.16. The molecule has 5 nitrogen and oxygen atoms in total. The zero-order chi connectivity index (χ0) is 16.8. The van der Waals surface area contributed by atoms with Gasteiger partial charge in [-0.05, 0) is 36.2 Å². The van der Waals surface area contributed by atoms with Crippen molar-refractivity contribution < 1.29 is 13.9 Å². The molecule has 1 heterocycles. The molecule has 5 heteroatoms. The van der Waals surface area contributed by atoms with E-state index in [0.717, 1.165) is 16.9 Å². The van der Waals surface area contributed by atoms with Crippen molar-refractivity contribution in [2.45, 2.75) is 6.42 Å². The monoisotopic (exact) mass is 322 g/mol. The summed E-state index contributed by atoms with van der Waals surface area (Å²) in [7, 11) is 1.63. The molecule has 1 aromatic heterocycles. The largest absolute Gasteiger partial charge is 0.497 e. The van der Waals surface area contributed by atoms with Crippen LogP contribution in [0.25, 0.3) is 11.5 Å². The summed E-state index contributed by atoms with van der Waals surface area (Å²) in [5.41, 5.74) is 1.94. The molecular formula is C19H18N2O3. The summed E-state index contributed by atoms with van der Waals surface area (Å²) in [5, 5.41) is 2.84. The number of carbonyl (C=O) groups excluding carboxylic acids is 1. The molecule has 1 N–H and O–H groups in total. The van der Waals surface area contributed by atoms with E-state index in [-0.39, 0.29) is 11.7 Å². The van der Waals surface area contributed by atoms with Crippen LogP contribution in [0.15, 0.2) is 65.2 Å². The summed E-state index contributed by atoms with van der Waals surface area (Å²) in [6, 6.07) is 17.2. The highest BCUT2D eigenvalue weighted by Gasteiger charge is 2.13. The number of methoxy groups -OCH3 is 1. The van der Waals surface area contributed by atoms with Gasteiger partial charge in [-0.2, -0.15) is 0 Å². The summed E-state index contributed by atoms with van der Waals surface area (Å²) in [4.78, 5) is 16.3. The summed E-state index contributed by atoms with van der Waals surface area (Å²) >= 11 is 0. The molecule has 0 spiro atoms. The van der Waals surface area contributed by atoms with E-state index in [1.807, 2.05) is 54.6 Å². The molecule has 0 atom stereocenters. The number of carbonyl (C=O) groups is 1. The summed E-state index contributed by atoms with van der Waals surface area (Å²) in [5.74, 6) is 1.18. The molecule has 0 saturated carbocycles. The highest BCUT2D eigenvalue weighted by atomic mass is 16.5. The van der Waals surface area contributed by atoms with Gasteiger partial charge >= 0.3 is 0 Å². The molecule has 24 heavy (non-hydrogen) atoms. The van der Waals surface area contributed by atoms with Crippen LogP contribution in [0.5, 0.6) is 5.75 Å². The molecule has 0 aliphatic carbocycles. The van der Waals surface area contributed by atoms with Gasteiger partial charge in [-0.1, -0.05) is 30.3 Å². The molecule has 0 bridgehead atoms. The number of amides is 1. The maximum absolute atomic E-state index is 12.1. The van der Waals surface area contributed by atoms with Crippen molar-refractivity contribution in [2.75, 3.05) is 13.7 Å². The van der Waals surface area contributed by atoms with Gasteiger partial charge in [0.25, 0.3) is 5.91 Å². The van der Waals surface area contributed by atoms with Gasteiger partial charge in [-0.25, -0.2) is 4.98 Å². The van der Waals surface area contributed by atoms with E-state index in [1.54, 1.807) is 7.11 Å². The van der Waals surface area contributed by atoms with Gasteiger partial charge < -0.3 is 14.5 Å². The van der Waals surface area contributed by atoms with Crippen LogP contribution >= 0.6 is 0 Å². The minimum atomic E-state index is -0.271. The Labute approximate surface area is 140 Å². The topological polar surface area (TPSA) is 64.4 Å². The van der Waals surface area contributed by atoms with Crippen LogP contribution in [-0.2, 0) is 6.42 Å². The Bertz CT molecular complexity index is 812. The van der Waals surface area contributed by atoms with Crippen LogP contribution in [0.3, 0.4) is 0 Å². The molecule has 1 amide bonds. The van der Waals surface area contributed by atoms with E-state index in [4.69, 9.17) is 9.15 Å². The fourth-order valence-electron chi connectivity index (χ4n) is 2.33. The molecule has 0 aliphatic rings. The zero-order valence-corrected chi connectivity index (χ0v) is 13.4. The molecule has 2 aromatic carbocycles. The second kappa shape index (κ2) is 7.46. The van der Waals surface area contributed by atoms with Gasteiger partial charge in [0.05, 0.1) is 13.3 Å². The molecule has 0 radical (unpaired) electrons. The van der Waals surface area contributed by atoms with Crippen molar-refractivity contribution in [3.63, 3.8) is 0 Å². The lowest BCUT2D eigenvalue weighted by Gasteiger charge is -2.05. The second-order valence-corrected chi connectivity index (χ2v) is 5.25. The third-order valence-electron chi connectivity index (χ3n) is 3.58. The van der Waals surface area contributed by atoms with Crippen LogP contribution in [0.1, 0.15) is 16.1 Å². The number of hydrogen-bond acceptors (Lipinski definition) is 4. The Morgan fingerprint density at radius 1 is 1.17 bits per heavy atom. The van der Waals surface area contributed by atoms with E-state index < -0.39 is 0 Å². The highest BCUT2D eigenvalue weighted by Crippen LogP contribution is 2.18. The molecule has 3 rings (SSSR count). The van der Waals surface area contributed by atoms with Gasteiger partial charge in [0.2, 0.25) is 11.7 Å².